The maximum atomic E-state index is 12.3. The Morgan fingerprint density at radius 3 is 2.24 bits per heavy atom. The fourth-order valence-corrected chi connectivity index (χ4v) is 3.72. The average molecular weight is 287 g/mol. The number of carboxylic acid groups (broad SMARTS) is 1. The van der Waals surface area contributed by atoms with Gasteiger partial charge in [-0.05, 0) is 42.7 Å². The minimum atomic E-state index is -1.18. The average Bonchev–Trinajstić information content (AvgIpc) is 3.11. The third kappa shape index (κ3) is 2.55. The lowest BCUT2D eigenvalue weighted by atomic mass is 9.85. The summed E-state index contributed by atoms with van der Waals surface area (Å²) < 4.78 is 0. The van der Waals surface area contributed by atoms with E-state index in [0.717, 1.165) is 25.7 Å². The summed E-state index contributed by atoms with van der Waals surface area (Å²) in [5, 5.41) is 12.3. The second-order valence-electron chi connectivity index (χ2n) is 6.35. The van der Waals surface area contributed by atoms with E-state index in [0.29, 0.717) is 25.3 Å². The molecule has 0 unspecified atom stereocenters. The third-order valence-corrected chi connectivity index (χ3v) is 4.99. The summed E-state index contributed by atoms with van der Waals surface area (Å²) in [5.74, 6) is -0.866. The third-order valence-electron chi connectivity index (χ3n) is 4.99. The van der Waals surface area contributed by atoms with Gasteiger partial charge in [0.05, 0.1) is 0 Å². The maximum Gasteiger partial charge on any atom is 0.319 e. The number of benzene rings is 1. The molecule has 0 aliphatic heterocycles. The van der Waals surface area contributed by atoms with Gasteiger partial charge in [-0.15, -0.1) is 0 Å². The summed E-state index contributed by atoms with van der Waals surface area (Å²) in [6.07, 6.45) is 4.54. The monoisotopic (exact) mass is 287 g/mol. The van der Waals surface area contributed by atoms with Gasteiger partial charge in [-0.1, -0.05) is 37.1 Å². The smallest absolute Gasteiger partial charge is 0.319 e. The van der Waals surface area contributed by atoms with Crippen molar-refractivity contribution in [3.63, 3.8) is 0 Å². The molecule has 0 bridgehead atoms. The number of fused-ring (bicyclic) bond motifs is 1. The highest BCUT2D eigenvalue weighted by atomic mass is 16.4. The van der Waals surface area contributed by atoms with Crippen LogP contribution in [-0.2, 0) is 22.4 Å². The number of rotatable bonds is 4. The summed E-state index contributed by atoms with van der Waals surface area (Å²) in [4.78, 5) is 23.8. The topological polar surface area (TPSA) is 66.4 Å². The molecule has 2 aliphatic rings. The quantitative estimate of drug-likeness (QED) is 0.834. The molecule has 1 saturated carbocycles. The van der Waals surface area contributed by atoms with E-state index in [9.17, 15) is 14.7 Å². The summed E-state index contributed by atoms with van der Waals surface area (Å²) in [6.45, 7) is 0.572. The molecule has 0 atom stereocenters. The molecule has 1 aromatic carbocycles. The van der Waals surface area contributed by atoms with Crippen LogP contribution in [0.2, 0.25) is 0 Å². The van der Waals surface area contributed by atoms with Crippen LogP contribution >= 0.6 is 0 Å². The van der Waals surface area contributed by atoms with Crippen molar-refractivity contribution in [2.24, 2.45) is 11.3 Å². The lowest BCUT2D eigenvalue weighted by molar-refractivity contribution is -0.155. The largest absolute Gasteiger partial charge is 0.480 e. The van der Waals surface area contributed by atoms with Crippen molar-refractivity contribution in [1.29, 1.82) is 0 Å². The molecule has 0 saturated heterocycles. The first-order valence-corrected chi connectivity index (χ1v) is 7.70. The maximum absolute atomic E-state index is 12.3. The Morgan fingerprint density at radius 1 is 1.14 bits per heavy atom. The number of nitrogens with one attached hydrogen (secondary N) is 1. The van der Waals surface area contributed by atoms with Crippen LogP contribution in [0.1, 0.15) is 36.8 Å². The molecule has 0 heterocycles. The van der Waals surface area contributed by atoms with Crippen molar-refractivity contribution in [3.05, 3.63) is 35.4 Å². The van der Waals surface area contributed by atoms with Crippen LogP contribution in [0.4, 0.5) is 0 Å². The predicted octanol–water partition coefficient (Wildman–Crippen LogP) is 2.16. The Labute approximate surface area is 124 Å². The van der Waals surface area contributed by atoms with Crippen LogP contribution in [0.5, 0.6) is 0 Å². The normalized spacial score (nSPS) is 20.2. The highest BCUT2D eigenvalue weighted by molar-refractivity contribution is 6.02. The van der Waals surface area contributed by atoms with Gasteiger partial charge in [-0.3, -0.25) is 9.59 Å². The van der Waals surface area contributed by atoms with Gasteiger partial charge < -0.3 is 10.4 Å². The summed E-state index contributed by atoms with van der Waals surface area (Å²) >= 11 is 0. The number of carbonyl (C=O) groups is 2. The predicted molar refractivity (Wildman–Crippen MR) is 78.9 cm³/mol. The van der Waals surface area contributed by atoms with Gasteiger partial charge in [-0.2, -0.15) is 0 Å². The number of aliphatic carboxylic acids is 1. The summed E-state index contributed by atoms with van der Waals surface area (Å²) in [6, 6.07) is 8.34. The highest BCUT2D eigenvalue weighted by Gasteiger charge is 2.48. The zero-order valence-electron chi connectivity index (χ0n) is 12.1. The van der Waals surface area contributed by atoms with Crippen LogP contribution in [-0.4, -0.2) is 23.5 Å². The first kappa shape index (κ1) is 14.1. The zero-order valence-corrected chi connectivity index (χ0v) is 12.1. The lowest BCUT2D eigenvalue weighted by Gasteiger charge is -2.23. The molecule has 0 aromatic heterocycles. The van der Waals surface area contributed by atoms with E-state index in [1.807, 2.05) is 12.1 Å². The van der Waals surface area contributed by atoms with Crippen molar-refractivity contribution in [2.75, 3.05) is 6.54 Å². The molecule has 2 aliphatic carbocycles. The molecule has 4 nitrogen and oxygen atoms in total. The van der Waals surface area contributed by atoms with Crippen molar-refractivity contribution in [3.8, 4) is 0 Å². The number of hydrogen-bond donors (Lipinski definition) is 2. The van der Waals surface area contributed by atoms with E-state index in [1.54, 1.807) is 0 Å². The van der Waals surface area contributed by atoms with Crippen LogP contribution in [0.15, 0.2) is 24.3 Å². The molecule has 21 heavy (non-hydrogen) atoms. The Kier molecular flexibility index (Phi) is 3.70. The highest BCUT2D eigenvalue weighted by Crippen LogP contribution is 2.38. The number of hydrogen-bond acceptors (Lipinski definition) is 2. The van der Waals surface area contributed by atoms with Crippen LogP contribution in [0.3, 0.4) is 0 Å². The minimum absolute atomic E-state index is 0.288. The lowest BCUT2D eigenvalue weighted by Crippen LogP contribution is -2.46. The van der Waals surface area contributed by atoms with Crippen molar-refractivity contribution >= 4 is 11.9 Å². The van der Waals surface area contributed by atoms with Crippen molar-refractivity contribution in [1.82, 2.24) is 5.32 Å². The van der Waals surface area contributed by atoms with Crippen LogP contribution < -0.4 is 5.32 Å². The fourth-order valence-electron chi connectivity index (χ4n) is 3.72. The van der Waals surface area contributed by atoms with E-state index in [2.05, 4.69) is 17.4 Å². The SMILES string of the molecule is O=C(O)C1(C(=O)NCC2Cc3ccccc3C2)CCCC1. The zero-order chi connectivity index (χ0) is 14.9. The molecule has 1 aromatic rings. The standard InChI is InChI=1S/C17H21NO3/c19-15(17(16(20)21)7-3-4-8-17)18-11-12-9-13-5-1-2-6-14(13)10-12/h1-2,5-6,12H,3-4,7-11H2,(H,18,19)(H,20,21). The van der Waals surface area contributed by atoms with Gasteiger partial charge in [0.1, 0.15) is 5.41 Å². The molecule has 3 rings (SSSR count). The van der Waals surface area contributed by atoms with E-state index < -0.39 is 11.4 Å². The second kappa shape index (κ2) is 5.51. The molecule has 4 heteroatoms. The molecule has 0 spiro atoms. The number of amides is 1. The fraction of sp³-hybridized carbons (Fsp3) is 0.529. The Bertz CT molecular complexity index is 536. The van der Waals surface area contributed by atoms with E-state index >= 15 is 0 Å². The second-order valence-corrected chi connectivity index (χ2v) is 6.35. The van der Waals surface area contributed by atoms with Gasteiger partial charge in [0.25, 0.3) is 0 Å². The van der Waals surface area contributed by atoms with Crippen molar-refractivity contribution < 1.29 is 14.7 Å². The van der Waals surface area contributed by atoms with E-state index in [4.69, 9.17) is 0 Å². The molecule has 112 valence electrons. The van der Waals surface area contributed by atoms with Crippen LogP contribution in [0.25, 0.3) is 0 Å². The molecular formula is C17H21NO3. The minimum Gasteiger partial charge on any atom is -0.480 e. The van der Waals surface area contributed by atoms with Gasteiger partial charge >= 0.3 is 5.97 Å². The molecule has 1 fully saturated rings. The first-order chi connectivity index (χ1) is 10.1. The van der Waals surface area contributed by atoms with Crippen LogP contribution in [0, 0.1) is 11.3 Å². The molecular weight excluding hydrogens is 266 g/mol. The van der Waals surface area contributed by atoms with Crippen molar-refractivity contribution in [2.45, 2.75) is 38.5 Å². The first-order valence-electron chi connectivity index (χ1n) is 7.70. The Balaban J connectivity index is 1.59. The van der Waals surface area contributed by atoms with E-state index in [1.165, 1.54) is 11.1 Å². The Hall–Kier alpha value is -1.84. The van der Waals surface area contributed by atoms with Gasteiger partial charge in [0.2, 0.25) is 5.91 Å². The van der Waals surface area contributed by atoms with Gasteiger partial charge in [0.15, 0.2) is 0 Å². The van der Waals surface area contributed by atoms with Gasteiger partial charge in [-0.25, -0.2) is 0 Å². The molecule has 0 radical (unpaired) electrons. The number of carbonyl (C=O) groups excluding carboxylic acids is 1. The van der Waals surface area contributed by atoms with E-state index in [-0.39, 0.29) is 5.91 Å². The number of carboxylic acids is 1. The molecule has 2 N–H and O–H groups in total. The Morgan fingerprint density at radius 2 is 1.71 bits per heavy atom. The summed E-state index contributed by atoms with van der Waals surface area (Å²) in [5.41, 5.74) is 1.53. The molecule has 1 amide bonds. The summed E-state index contributed by atoms with van der Waals surface area (Å²) in [7, 11) is 0. The van der Waals surface area contributed by atoms with Gasteiger partial charge in [0, 0.05) is 6.54 Å².